The maximum Gasteiger partial charge on any atom is 0.416 e. The average Bonchev–Trinajstić information content (AvgIpc) is 3.39. The van der Waals surface area contributed by atoms with Crippen LogP contribution in [0.15, 0.2) is 54.9 Å². The van der Waals surface area contributed by atoms with E-state index in [9.17, 15) is 36.2 Å². The Hall–Kier alpha value is -4.13. The third-order valence-corrected chi connectivity index (χ3v) is 8.99. The smallest absolute Gasteiger partial charge is 0.393 e. The Morgan fingerprint density at radius 3 is 2.09 bits per heavy atom. The van der Waals surface area contributed by atoms with Crippen molar-refractivity contribution >= 4 is 28.6 Å². The lowest BCUT2D eigenvalue weighted by molar-refractivity contribution is -0.143. The molecule has 6 rings (SSSR count). The summed E-state index contributed by atoms with van der Waals surface area (Å²) < 4.78 is 82.6. The molecule has 1 amide bonds. The monoisotopic (exact) mass is 645 g/mol. The van der Waals surface area contributed by atoms with Crippen molar-refractivity contribution in [1.82, 2.24) is 19.4 Å². The molecule has 0 bridgehead atoms. The van der Waals surface area contributed by atoms with Crippen molar-refractivity contribution in [3.63, 3.8) is 0 Å². The number of piperidine rings is 1. The number of aliphatic hydroxyl groups is 1. The van der Waals surface area contributed by atoms with E-state index in [2.05, 4.69) is 22.2 Å². The predicted molar refractivity (Wildman–Crippen MR) is 161 cm³/mol. The molecule has 1 saturated carbocycles. The number of fused-ring (bicyclic) bond motifs is 1. The predicted octanol–water partition coefficient (Wildman–Crippen LogP) is 8.23. The van der Waals surface area contributed by atoms with Crippen molar-refractivity contribution in [3.8, 4) is 11.1 Å². The number of hydrogen-bond donors (Lipinski definition) is 2. The number of likely N-dealkylation sites (tertiary alicyclic amines) is 1. The van der Waals surface area contributed by atoms with E-state index in [1.807, 2.05) is 27.8 Å². The van der Waals surface area contributed by atoms with Crippen LogP contribution in [0, 0.1) is 5.92 Å². The first-order valence-electron chi connectivity index (χ1n) is 15.3. The molecule has 2 fully saturated rings. The molecule has 0 unspecified atom stereocenters. The lowest BCUT2D eigenvalue weighted by Gasteiger charge is -2.30. The number of anilines is 2. The first-order valence-corrected chi connectivity index (χ1v) is 15.3. The third-order valence-electron chi connectivity index (χ3n) is 8.99. The summed E-state index contributed by atoms with van der Waals surface area (Å²) >= 11 is 0. The number of nitrogens with zero attached hydrogens (tertiary/aromatic N) is 4. The largest absolute Gasteiger partial charge is 0.416 e. The molecule has 46 heavy (non-hydrogen) atoms. The summed E-state index contributed by atoms with van der Waals surface area (Å²) in [5.74, 6) is 0.402. The van der Waals surface area contributed by atoms with Crippen LogP contribution >= 0.6 is 0 Å². The summed E-state index contributed by atoms with van der Waals surface area (Å²) in [6.45, 7) is 3.62. The van der Waals surface area contributed by atoms with Crippen molar-refractivity contribution in [1.29, 1.82) is 0 Å². The number of halogens is 6. The highest BCUT2D eigenvalue weighted by Gasteiger charge is 2.37. The molecule has 2 aliphatic rings. The quantitative estimate of drug-likeness (QED) is 0.214. The number of carbonyl (C=O) groups excluding carboxylic acids is 1. The van der Waals surface area contributed by atoms with Gasteiger partial charge in [-0.25, -0.2) is 4.98 Å². The second-order valence-corrected chi connectivity index (χ2v) is 12.3. The highest BCUT2D eigenvalue weighted by Crippen LogP contribution is 2.40. The lowest BCUT2D eigenvalue weighted by Crippen LogP contribution is -2.37. The Morgan fingerprint density at radius 2 is 1.50 bits per heavy atom. The van der Waals surface area contributed by atoms with Gasteiger partial charge >= 0.3 is 12.4 Å². The first-order chi connectivity index (χ1) is 21.8. The van der Waals surface area contributed by atoms with Crippen LogP contribution in [0.25, 0.3) is 22.2 Å². The molecule has 4 aromatic rings. The van der Waals surface area contributed by atoms with Gasteiger partial charge < -0.3 is 19.9 Å². The van der Waals surface area contributed by atoms with Crippen molar-refractivity contribution in [3.05, 3.63) is 71.5 Å². The van der Waals surface area contributed by atoms with E-state index in [-0.39, 0.29) is 24.0 Å². The van der Waals surface area contributed by atoms with E-state index in [0.717, 1.165) is 37.1 Å². The van der Waals surface area contributed by atoms with Crippen molar-refractivity contribution < 1.29 is 36.2 Å². The van der Waals surface area contributed by atoms with Gasteiger partial charge in [-0.1, -0.05) is 19.1 Å². The summed E-state index contributed by atoms with van der Waals surface area (Å²) in [6.07, 6.45) is -2.62. The average molecular weight is 646 g/mol. The minimum atomic E-state index is -5.00. The minimum Gasteiger partial charge on any atom is -0.393 e. The summed E-state index contributed by atoms with van der Waals surface area (Å²) in [6, 6.07) is 8.43. The SMILES string of the molecule is CC1CCN(C(=O)c2ccc(-c3cn(C4CCC(O)CC4)c4nc(Nc5cc(C(F)(F)F)cc(C(F)(F)F)c5)ncc34)cc2)CC1. The summed E-state index contributed by atoms with van der Waals surface area (Å²) in [4.78, 5) is 23.8. The van der Waals surface area contributed by atoms with E-state index in [1.165, 1.54) is 6.20 Å². The number of nitrogens with one attached hydrogen (secondary N) is 1. The van der Waals surface area contributed by atoms with Gasteiger partial charge in [0.15, 0.2) is 0 Å². The molecule has 1 aliphatic carbocycles. The highest BCUT2D eigenvalue weighted by molar-refractivity contribution is 5.97. The van der Waals surface area contributed by atoms with Crippen molar-refractivity contribution in [2.45, 2.75) is 69.9 Å². The molecular weight excluding hydrogens is 612 g/mol. The number of benzene rings is 2. The lowest BCUT2D eigenvalue weighted by atomic mass is 9.93. The highest BCUT2D eigenvalue weighted by atomic mass is 19.4. The van der Waals surface area contributed by atoms with Gasteiger partial charge in [0.2, 0.25) is 5.95 Å². The van der Waals surface area contributed by atoms with Gasteiger partial charge in [0.05, 0.1) is 17.2 Å². The topological polar surface area (TPSA) is 83.3 Å². The molecule has 0 atom stereocenters. The summed E-state index contributed by atoms with van der Waals surface area (Å²) in [7, 11) is 0. The normalized spacial score (nSPS) is 19.9. The van der Waals surface area contributed by atoms with Gasteiger partial charge in [-0.05, 0) is 80.3 Å². The zero-order chi connectivity index (χ0) is 32.8. The number of carbonyl (C=O) groups is 1. The van der Waals surface area contributed by atoms with Crippen LogP contribution < -0.4 is 5.32 Å². The number of alkyl halides is 6. The number of amides is 1. The minimum absolute atomic E-state index is 0.0241. The van der Waals surface area contributed by atoms with Gasteiger partial charge in [0.25, 0.3) is 5.91 Å². The molecule has 2 aromatic heterocycles. The molecule has 13 heteroatoms. The second-order valence-electron chi connectivity index (χ2n) is 12.3. The number of aromatic nitrogens is 3. The molecule has 2 N–H and O–H groups in total. The van der Waals surface area contributed by atoms with Gasteiger partial charge in [-0.2, -0.15) is 31.3 Å². The number of rotatable bonds is 5. The van der Waals surface area contributed by atoms with Crippen LogP contribution in [0.4, 0.5) is 38.0 Å². The first kappa shape index (κ1) is 31.8. The fourth-order valence-corrected chi connectivity index (χ4v) is 6.28. The van der Waals surface area contributed by atoms with E-state index in [1.54, 1.807) is 12.1 Å². The van der Waals surface area contributed by atoms with Crippen LogP contribution in [-0.2, 0) is 12.4 Å². The van der Waals surface area contributed by atoms with E-state index < -0.39 is 35.3 Å². The summed E-state index contributed by atoms with van der Waals surface area (Å²) in [5.41, 5.74) is -0.783. The maximum absolute atomic E-state index is 13.4. The van der Waals surface area contributed by atoms with Crippen LogP contribution in [-0.4, -0.2) is 49.6 Å². The molecular formula is C33H33F6N5O2. The van der Waals surface area contributed by atoms with Crippen LogP contribution in [0.2, 0.25) is 0 Å². The molecule has 2 aromatic carbocycles. The van der Waals surface area contributed by atoms with Gasteiger partial charge in [-0.3, -0.25) is 4.79 Å². The molecule has 1 saturated heterocycles. The van der Waals surface area contributed by atoms with E-state index in [0.29, 0.717) is 60.3 Å². The van der Waals surface area contributed by atoms with Crippen LogP contribution in [0.1, 0.15) is 73.0 Å². The van der Waals surface area contributed by atoms with Gasteiger partial charge in [0.1, 0.15) is 5.65 Å². The molecule has 3 heterocycles. The zero-order valence-electron chi connectivity index (χ0n) is 25.0. The Labute approximate surface area is 261 Å². The van der Waals surface area contributed by atoms with Crippen LogP contribution in [0.5, 0.6) is 0 Å². The standard InChI is InChI=1S/C33H33F6N5O2/c1-19-10-12-43(13-11-19)30(46)21-4-2-20(3-5-21)28-18-44(25-6-8-26(45)9-7-25)29-27(28)17-40-31(42-29)41-24-15-22(32(34,35)36)14-23(16-24)33(37,38)39/h2-5,14-19,25-26,45H,6-13H2,1H3,(H,40,41,42). The van der Waals surface area contributed by atoms with Crippen molar-refractivity contribution in [2.24, 2.45) is 5.92 Å². The molecule has 0 radical (unpaired) electrons. The summed E-state index contributed by atoms with van der Waals surface area (Å²) in [5, 5.41) is 13.2. The molecule has 7 nitrogen and oxygen atoms in total. The molecule has 244 valence electrons. The van der Waals surface area contributed by atoms with Crippen molar-refractivity contribution in [2.75, 3.05) is 18.4 Å². The second kappa shape index (κ2) is 12.2. The number of aliphatic hydroxyl groups excluding tert-OH is 1. The maximum atomic E-state index is 13.4. The fraction of sp³-hybridized carbons (Fsp3) is 0.424. The fourth-order valence-electron chi connectivity index (χ4n) is 6.28. The van der Waals surface area contributed by atoms with E-state index in [4.69, 9.17) is 0 Å². The molecule has 1 aliphatic heterocycles. The van der Waals surface area contributed by atoms with Gasteiger partial charge in [0, 0.05) is 53.7 Å². The Morgan fingerprint density at radius 1 is 0.891 bits per heavy atom. The Bertz CT molecular complexity index is 1690. The zero-order valence-corrected chi connectivity index (χ0v) is 25.0. The third kappa shape index (κ3) is 6.69. The Kier molecular flexibility index (Phi) is 8.47. The van der Waals surface area contributed by atoms with E-state index >= 15 is 0 Å². The number of hydrogen-bond acceptors (Lipinski definition) is 5. The molecule has 0 spiro atoms. The van der Waals surface area contributed by atoms with Crippen LogP contribution in [0.3, 0.4) is 0 Å². The Balaban J connectivity index is 1.35. The van der Waals surface area contributed by atoms with Gasteiger partial charge in [-0.15, -0.1) is 0 Å².